The van der Waals surface area contributed by atoms with Gasteiger partial charge in [0.2, 0.25) is 0 Å². The Morgan fingerprint density at radius 3 is 2.76 bits per heavy atom. The smallest absolute Gasteiger partial charge is 0.422 e. The number of carbonyl (C=O) groups is 1. The first-order valence-corrected chi connectivity index (χ1v) is 11.0. The Morgan fingerprint density at radius 2 is 2.00 bits per heavy atom. The molecule has 0 saturated carbocycles. The van der Waals surface area contributed by atoms with Crippen LogP contribution in [0.5, 0.6) is 5.75 Å². The number of pyridine rings is 1. The zero-order valence-corrected chi connectivity index (χ0v) is 18.7. The summed E-state index contributed by atoms with van der Waals surface area (Å²) in [4.78, 5) is 17.9. The van der Waals surface area contributed by atoms with E-state index in [1.807, 2.05) is 25.2 Å². The van der Waals surface area contributed by atoms with Gasteiger partial charge in [-0.05, 0) is 60.7 Å². The number of nitrogens with zero attached hydrogens (tertiary/aromatic N) is 2. The number of rotatable bonds is 7. The number of carboxylic acids is 1. The van der Waals surface area contributed by atoms with Crippen LogP contribution in [0.15, 0.2) is 60.9 Å². The first-order chi connectivity index (χ1) is 16.2. The standard InChI is InChI=1S/C26H25F3N2O3/c1-31-13-11-18-14-17(21-4-2-3-5-24(21)34-16-26(27,28)29)6-8-20(18)23(31)9-7-19-15-30-12-10-22(19)25(32)33/h2-6,8,10,12,14-15,23H,7,9,11,13,16H2,1H3,(H,32,33)/t23-/m0/s1. The van der Waals surface area contributed by atoms with E-state index in [1.165, 1.54) is 12.3 Å². The number of hydrogen-bond acceptors (Lipinski definition) is 4. The lowest BCUT2D eigenvalue weighted by Crippen LogP contribution is -2.32. The highest BCUT2D eigenvalue weighted by Crippen LogP contribution is 2.37. The lowest BCUT2D eigenvalue weighted by molar-refractivity contribution is -0.153. The van der Waals surface area contributed by atoms with Crippen molar-refractivity contribution in [2.75, 3.05) is 20.2 Å². The van der Waals surface area contributed by atoms with Gasteiger partial charge in [-0.15, -0.1) is 0 Å². The second kappa shape index (κ2) is 9.85. The normalized spacial score (nSPS) is 16.2. The Hall–Kier alpha value is -3.39. The molecule has 4 rings (SSSR count). The molecule has 1 aliphatic rings. The zero-order valence-electron chi connectivity index (χ0n) is 18.7. The van der Waals surface area contributed by atoms with Crippen molar-refractivity contribution < 1.29 is 27.8 Å². The van der Waals surface area contributed by atoms with Crippen LogP contribution in [-0.4, -0.2) is 47.3 Å². The van der Waals surface area contributed by atoms with Crippen LogP contribution in [0.1, 0.15) is 39.5 Å². The molecule has 1 aliphatic heterocycles. The molecule has 0 spiro atoms. The highest BCUT2D eigenvalue weighted by atomic mass is 19.4. The van der Waals surface area contributed by atoms with Gasteiger partial charge in [-0.25, -0.2) is 4.79 Å². The fourth-order valence-electron chi connectivity index (χ4n) is 4.50. The largest absolute Gasteiger partial charge is 0.483 e. The van der Waals surface area contributed by atoms with E-state index in [9.17, 15) is 23.1 Å². The number of para-hydroxylation sites is 1. The molecular weight excluding hydrogens is 445 g/mol. The molecule has 1 atom stereocenters. The van der Waals surface area contributed by atoms with Gasteiger partial charge in [-0.2, -0.15) is 13.2 Å². The molecule has 0 aliphatic carbocycles. The van der Waals surface area contributed by atoms with Crippen molar-refractivity contribution >= 4 is 5.97 Å². The van der Waals surface area contributed by atoms with Crippen molar-refractivity contribution in [1.29, 1.82) is 0 Å². The van der Waals surface area contributed by atoms with Gasteiger partial charge in [0.1, 0.15) is 5.75 Å². The molecule has 0 amide bonds. The molecule has 0 saturated heterocycles. The van der Waals surface area contributed by atoms with E-state index in [4.69, 9.17) is 4.74 Å². The molecule has 1 aromatic heterocycles. The highest BCUT2D eigenvalue weighted by Gasteiger charge is 2.29. The number of hydrogen-bond donors (Lipinski definition) is 1. The summed E-state index contributed by atoms with van der Waals surface area (Å²) >= 11 is 0. The van der Waals surface area contributed by atoms with E-state index in [-0.39, 0.29) is 17.4 Å². The summed E-state index contributed by atoms with van der Waals surface area (Å²) in [6.07, 6.45) is 0.783. The molecular formula is C26H25F3N2O3. The first kappa shape index (κ1) is 23.8. The van der Waals surface area contributed by atoms with E-state index in [2.05, 4.69) is 9.88 Å². The quantitative estimate of drug-likeness (QED) is 0.491. The molecule has 0 unspecified atom stereocenters. The van der Waals surface area contributed by atoms with Crippen LogP contribution in [-0.2, 0) is 12.8 Å². The molecule has 34 heavy (non-hydrogen) atoms. The lowest BCUT2D eigenvalue weighted by atomic mass is 9.87. The van der Waals surface area contributed by atoms with Crippen LogP contribution >= 0.6 is 0 Å². The minimum absolute atomic E-state index is 0.0939. The third kappa shape index (κ3) is 5.39. The number of fused-ring (bicyclic) bond motifs is 1. The molecule has 0 fully saturated rings. The second-order valence-electron chi connectivity index (χ2n) is 8.44. The Balaban J connectivity index is 1.58. The number of halogens is 3. The Kier molecular flexibility index (Phi) is 6.88. The predicted octanol–water partition coefficient (Wildman–Crippen LogP) is 5.55. The number of aromatic carboxylic acids is 1. The average Bonchev–Trinajstić information content (AvgIpc) is 2.81. The molecule has 2 heterocycles. The van der Waals surface area contributed by atoms with Gasteiger partial charge in [0, 0.05) is 30.5 Å². The predicted molar refractivity (Wildman–Crippen MR) is 122 cm³/mol. The van der Waals surface area contributed by atoms with E-state index in [0.29, 0.717) is 17.5 Å². The third-order valence-corrected chi connectivity index (χ3v) is 6.18. The maximum absolute atomic E-state index is 12.7. The number of likely N-dealkylation sites (N-methyl/N-ethyl adjacent to an activating group) is 1. The third-order valence-electron chi connectivity index (χ3n) is 6.18. The Labute approximate surface area is 195 Å². The number of benzene rings is 2. The summed E-state index contributed by atoms with van der Waals surface area (Å²) in [6.45, 7) is -0.513. The summed E-state index contributed by atoms with van der Waals surface area (Å²) < 4.78 is 43.1. The van der Waals surface area contributed by atoms with Crippen molar-refractivity contribution in [3.8, 4) is 16.9 Å². The van der Waals surface area contributed by atoms with E-state index < -0.39 is 18.8 Å². The summed E-state index contributed by atoms with van der Waals surface area (Å²) in [5.74, 6) is -0.770. The van der Waals surface area contributed by atoms with Gasteiger partial charge in [0.15, 0.2) is 6.61 Å². The van der Waals surface area contributed by atoms with Gasteiger partial charge in [-0.1, -0.05) is 36.4 Å². The molecule has 1 N–H and O–H groups in total. The van der Waals surface area contributed by atoms with Crippen molar-refractivity contribution in [1.82, 2.24) is 9.88 Å². The van der Waals surface area contributed by atoms with Gasteiger partial charge in [0.05, 0.1) is 5.56 Å². The van der Waals surface area contributed by atoms with Crippen molar-refractivity contribution in [3.05, 3.63) is 83.2 Å². The number of aryl methyl sites for hydroxylation is 1. The Bertz CT molecular complexity index is 1180. The molecule has 8 heteroatoms. The molecule has 0 bridgehead atoms. The fraction of sp³-hybridized carbons (Fsp3) is 0.308. The van der Waals surface area contributed by atoms with Gasteiger partial charge in [-0.3, -0.25) is 9.88 Å². The zero-order chi connectivity index (χ0) is 24.3. The lowest BCUT2D eigenvalue weighted by Gasteiger charge is -2.35. The molecule has 2 aromatic carbocycles. The SMILES string of the molecule is CN1CCc2cc(-c3ccccc3OCC(F)(F)F)ccc2[C@@H]1CCc1cnccc1C(=O)O. The van der Waals surface area contributed by atoms with Gasteiger partial charge < -0.3 is 9.84 Å². The van der Waals surface area contributed by atoms with Crippen LogP contribution in [0.25, 0.3) is 11.1 Å². The fourth-order valence-corrected chi connectivity index (χ4v) is 4.50. The molecule has 5 nitrogen and oxygen atoms in total. The molecule has 3 aromatic rings. The minimum atomic E-state index is -4.41. The molecule has 178 valence electrons. The second-order valence-corrected chi connectivity index (χ2v) is 8.44. The van der Waals surface area contributed by atoms with Crippen LogP contribution in [0.4, 0.5) is 13.2 Å². The highest BCUT2D eigenvalue weighted by molar-refractivity contribution is 5.89. The van der Waals surface area contributed by atoms with E-state index in [1.54, 1.807) is 30.5 Å². The van der Waals surface area contributed by atoms with Crippen molar-refractivity contribution in [3.63, 3.8) is 0 Å². The number of ether oxygens (including phenoxy) is 1. The summed E-state index contributed by atoms with van der Waals surface area (Å²) in [7, 11) is 2.04. The van der Waals surface area contributed by atoms with Crippen LogP contribution in [0, 0.1) is 0 Å². The minimum Gasteiger partial charge on any atom is -0.483 e. The van der Waals surface area contributed by atoms with Gasteiger partial charge >= 0.3 is 12.1 Å². The summed E-state index contributed by atoms with van der Waals surface area (Å²) in [5, 5.41) is 9.45. The maximum Gasteiger partial charge on any atom is 0.422 e. The Morgan fingerprint density at radius 1 is 1.21 bits per heavy atom. The number of alkyl halides is 3. The van der Waals surface area contributed by atoms with Crippen molar-refractivity contribution in [2.24, 2.45) is 0 Å². The summed E-state index contributed by atoms with van der Waals surface area (Å²) in [5.41, 5.74) is 4.66. The first-order valence-electron chi connectivity index (χ1n) is 11.0. The van der Waals surface area contributed by atoms with Crippen LogP contribution < -0.4 is 4.74 Å². The molecule has 0 radical (unpaired) electrons. The number of carboxylic acid groups (broad SMARTS) is 1. The van der Waals surface area contributed by atoms with Gasteiger partial charge in [0.25, 0.3) is 0 Å². The summed E-state index contributed by atoms with van der Waals surface area (Å²) in [6, 6.07) is 14.3. The average molecular weight is 470 g/mol. The van der Waals surface area contributed by atoms with Crippen LogP contribution in [0.3, 0.4) is 0 Å². The topological polar surface area (TPSA) is 62.7 Å². The van der Waals surface area contributed by atoms with E-state index >= 15 is 0 Å². The van der Waals surface area contributed by atoms with E-state index in [0.717, 1.165) is 36.1 Å². The monoisotopic (exact) mass is 470 g/mol. The van der Waals surface area contributed by atoms with Crippen LogP contribution in [0.2, 0.25) is 0 Å². The van der Waals surface area contributed by atoms with Crippen molar-refractivity contribution in [2.45, 2.75) is 31.5 Å². The maximum atomic E-state index is 12.7. The number of aromatic nitrogens is 1.